The molecular formula is C14H28NO2+. The van der Waals surface area contributed by atoms with Crippen molar-refractivity contribution in [1.29, 1.82) is 0 Å². The Morgan fingerprint density at radius 1 is 1.12 bits per heavy atom. The van der Waals surface area contributed by atoms with Gasteiger partial charge in [0.25, 0.3) is 0 Å². The monoisotopic (exact) mass is 242 g/mol. The Balaban J connectivity index is 4.19. The minimum atomic E-state index is -0.227. The average Bonchev–Trinajstić information content (AvgIpc) is 2.30. The highest BCUT2D eigenvalue weighted by Crippen LogP contribution is 2.09. The molecule has 0 aliphatic heterocycles. The van der Waals surface area contributed by atoms with E-state index in [0.29, 0.717) is 6.61 Å². The third kappa shape index (κ3) is 6.47. The number of hydrogen-bond donors (Lipinski definition) is 0. The van der Waals surface area contributed by atoms with Crippen molar-refractivity contribution in [2.45, 2.75) is 40.5 Å². The van der Waals surface area contributed by atoms with Gasteiger partial charge in [0.05, 0.1) is 19.6 Å². The van der Waals surface area contributed by atoms with Gasteiger partial charge < -0.3 is 9.22 Å². The van der Waals surface area contributed by atoms with Gasteiger partial charge in [-0.2, -0.15) is 0 Å². The number of quaternary nitrogens is 1. The van der Waals surface area contributed by atoms with E-state index >= 15 is 0 Å². The molecule has 0 heterocycles. The molecule has 0 spiro atoms. The first-order valence-corrected chi connectivity index (χ1v) is 6.78. The molecule has 0 amide bonds. The van der Waals surface area contributed by atoms with Gasteiger partial charge in [-0.3, -0.25) is 0 Å². The van der Waals surface area contributed by atoms with Gasteiger partial charge >= 0.3 is 5.97 Å². The van der Waals surface area contributed by atoms with Crippen molar-refractivity contribution in [2.24, 2.45) is 0 Å². The zero-order chi connectivity index (χ0) is 13.1. The summed E-state index contributed by atoms with van der Waals surface area (Å²) in [4.78, 5) is 11.2. The summed E-state index contributed by atoms with van der Waals surface area (Å²) in [6, 6.07) is 0. The largest absolute Gasteiger partial charge is 0.457 e. The van der Waals surface area contributed by atoms with Gasteiger partial charge in [0.1, 0.15) is 13.2 Å². The zero-order valence-corrected chi connectivity index (χ0v) is 11.9. The Kier molecular flexibility index (Phi) is 8.78. The van der Waals surface area contributed by atoms with E-state index in [0.717, 1.165) is 17.6 Å². The van der Waals surface area contributed by atoms with Crippen LogP contribution in [0.15, 0.2) is 12.2 Å². The molecule has 0 fully saturated rings. The van der Waals surface area contributed by atoms with Crippen LogP contribution in [0.2, 0.25) is 0 Å². The van der Waals surface area contributed by atoms with Crippen LogP contribution in [0.1, 0.15) is 40.5 Å². The average molecular weight is 242 g/mol. The van der Waals surface area contributed by atoms with Crippen LogP contribution in [0.3, 0.4) is 0 Å². The van der Waals surface area contributed by atoms with Gasteiger partial charge in [-0.1, -0.05) is 19.9 Å². The first-order valence-electron chi connectivity index (χ1n) is 6.78. The fourth-order valence-corrected chi connectivity index (χ4v) is 2.28. The van der Waals surface area contributed by atoms with Gasteiger partial charge in [-0.25, -0.2) is 4.79 Å². The molecule has 0 saturated carbocycles. The van der Waals surface area contributed by atoms with E-state index in [9.17, 15) is 4.79 Å². The third-order valence-corrected chi connectivity index (χ3v) is 3.18. The molecule has 0 radical (unpaired) electrons. The number of likely N-dealkylation sites (N-methyl/N-ethyl adjacent to an activating group) is 1. The lowest BCUT2D eigenvalue weighted by atomic mass is 10.2. The second-order valence-corrected chi connectivity index (χ2v) is 4.50. The Labute approximate surface area is 106 Å². The summed E-state index contributed by atoms with van der Waals surface area (Å²) in [7, 11) is 0. The quantitative estimate of drug-likeness (QED) is 0.353. The van der Waals surface area contributed by atoms with Crippen LogP contribution in [0, 0.1) is 0 Å². The molecule has 100 valence electrons. The fraction of sp³-hybridized carbons (Fsp3) is 0.786. The molecule has 0 saturated heterocycles. The summed E-state index contributed by atoms with van der Waals surface area (Å²) < 4.78 is 6.26. The van der Waals surface area contributed by atoms with E-state index < -0.39 is 0 Å². The summed E-state index contributed by atoms with van der Waals surface area (Å²) in [5.74, 6) is -0.227. The summed E-state index contributed by atoms with van der Waals surface area (Å²) in [5, 5.41) is 0. The van der Waals surface area contributed by atoms with E-state index in [-0.39, 0.29) is 5.97 Å². The topological polar surface area (TPSA) is 26.3 Å². The van der Waals surface area contributed by atoms with Crippen molar-refractivity contribution in [1.82, 2.24) is 0 Å². The molecule has 0 rings (SSSR count). The Hall–Kier alpha value is -0.830. The van der Waals surface area contributed by atoms with Crippen molar-refractivity contribution in [3.63, 3.8) is 0 Å². The van der Waals surface area contributed by atoms with Crippen molar-refractivity contribution >= 4 is 5.97 Å². The van der Waals surface area contributed by atoms with Crippen LogP contribution >= 0.6 is 0 Å². The highest BCUT2D eigenvalue weighted by atomic mass is 16.5. The fourth-order valence-electron chi connectivity index (χ4n) is 2.28. The van der Waals surface area contributed by atoms with Crippen LogP contribution in [0.4, 0.5) is 0 Å². The van der Waals surface area contributed by atoms with Gasteiger partial charge in [0.15, 0.2) is 0 Å². The number of esters is 1. The van der Waals surface area contributed by atoms with Crippen LogP contribution in [-0.2, 0) is 9.53 Å². The summed E-state index contributed by atoms with van der Waals surface area (Å²) in [6.45, 7) is 13.4. The number of nitrogens with zero attached hydrogens (tertiary/aromatic N) is 1. The molecule has 0 aromatic rings. The zero-order valence-electron chi connectivity index (χ0n) is 11.9. The molecule has 0 atom stereocenters. The molecule has 17 heavy (non-hydrogen) atoms. The van der Waals surface area contributed by atoms with Crippen molar-refractivity contribution in [3.8, 4) is 0 Å². The highest BCUT2D eigenvalue weighted by molar-refractivity contribution is 5.81. The van der Waals surface area contributed by atoms with Gasteiger partial charge in [-0.05, 0) is 26.7 Å². The molecule has 0 aromatic heterocycles. The molecule has 0 N–H and O–H groups in total. The molecule has 0 unspecified atom stereocenters. The predicted octanol–water partition coefficient (Wildman–Crippen LogP) is 2.76. The number of carbonyl (C=O) groups excluding carboxylic acids is 1. The third-order valence-electron chi connectivity index (χ3n) is 3.18. The van der Waals surface area contributed by atoms with E-state index in [2.05, 4.69) is 20.8 Å². The van der Waals surface area contributed by atoms with Crippen molar-refractivity contribution in [2.75, 3.05) is 32.8 Å². The lowest BCUT2D eigenvalue weighted by molar-refractivity contribution is -0.926. The van der Waals surface area contributed by atoms with E-state index in [1.54, 1.807) is 6.08 Å². The van der Waals surface area contributed by atoms with Gasteiger partial charge in [-0.15, -0.1) is 0 Å². The first-order chi connectivity index (χ1) is 8.14. The molecule has 3 heteroatoms. The minimum absolute atomic E-state index is 0.227. The number of carbonyl (C=O) groups is 1. The standard InChI is InChI=1S/C14H28NO2/c1-5-9-14(16)17-13-12-15(8-4,10-6-2)11-7-3/h5,9H,6-8,10-13H2,1-4H3/q+1/b9-5+. The van der Waals surface area contributed by atoms with Crippen molar-refractivity contribution in [3.05, 3.63) is 12.2 Å². The number of hydrogen-bond acceptors (Lipinski definition) is 2. The molecule has 0 aliphatic carbocycles. The maximum absolute atomic E-state index is 11.2. The number of ether oxygens (including phenoxy) is 1. The lowest BCUT2D eigenvalue weighted by Gasteiger charge is -2.37. The molecule has 0 aliphatic rings. The highest BCUT2D eigenvalue weighted by Gasteiger charge is 2.23. The number of allylic oxidation sites excluding steroid dienone is 1. The smallest absolute Gasteiger partial charge is 0.330 e. The van der Waals surface area contributed by atoms with Crippen LogP contribution in [0.25, 0.3) is 0 Å². The lowest BCUT2D eigenvalue weighted by Crippen LogP contribution is -2.51. The summed E-state index contributed by atoms with van der Waals surface area (Å²) in [6.07, 6.45) is 5.54. The normalized spacial score (nSPS) is 12.0. The Morgan fingerprint density at radius 2 is 1.71 bits per heavy atom. The van der Waals surface area contributed by atoms with Gasteiger partial charge in [0.2, 0.25) is 0 Å². The van der Waals surface area contributed by atoms with Crippen LogP contribution < -0.4 is 0 Å². The summed E-state index contributed by atoms with van der Waals surface area (Å²) >= 11 is 0. The van der Waals surface area contributed by atoms with Crippen LogP contribution in [-0.4, -0.2) is 43.2 Å². The number of rotatable bonds is 9. The Bertz CT molecular complexity index is 230. The maximum Gasteiger partial charge on any atom is 0.330 e. The summed E-state index contributed by atoms with van der Waals surface area (Å²) in [5.41, 5.74) is 0. The molecule has 3 nitrogen and oxygen atoms in total. The molecular weight excluding hydrogens is 214 g/mol. The maximum atomic E-state index is 11.2. The van der Waals surface area contributed by atoms with E-state index in [1.165, 1.54) is 32.0 Å². The molecule has 0 bridgehead atoms. The molecule has 0 aromatic carbocycles. The van der Waals surface area contributed by atoms with Crippen molar-refractivity contribution < 1.29 is 14.0 Å². The van der Waals surface area contributed by atoms with E-state index in [4.69, 9.17) is 4.74 Å². The Morgan fingerprint density at radius 3 is 2.12 bits per heavy atom. The minimum Gasteiger partial charge on any atom is -0.457 e. The second-order valence-electron chi connectivity index (χ2n) is 4.50. The van der Waals surface area contributed by atoms with Gasteiger partial charge in [0, 0.05) is 6.08 Å². The first kappa shape index (κ1) is 16.2. The predicted molar refractivity (Wildman–Crippen MR) is 71.8 cm³/mol. The van der Waals surface area contributed by atoms with E-state index in [1.807, 2.05) is 6.92 Å². The second kappa shape index (κ2) is 9.23. The van der Waals surface area contributed by atoms with Crippen LogP contribution in [0.5, 0.6) is 0 Å². The SMILES string of the molecule is C/C=C/C(=O)OCC[N+](CC)(CCC)CCC.